The van der Waals surface area contributed by atoms with Crippen LogP contribution in [0.25, 0.3) is 0 Å². The van der Waals surface area contributed by atoms with Gasteiger partial charge in [0.25, 0.3) is 5.91 Å². The Balaban J connectivity index is 1.36. The molecule has 3 amide bonds. The number of rotatable bonds is 8. The summed E-state index contributed by atoms with van der Waals surface area (Å²) in [6, 6.07) is 19.8. The van der Waals surface area contributed by atoms with Crippen molar-refractivity contribution in [2.75, 3.05) is 5.32 Å². The van der Waals surface area contributed by atoms with Crippen LogP contribution in [0.3, 0.4) is 0 Å². The molecule has 2 N–H and O–H groups in total. The van der Waals surface area contributed by atoms with E-state index in [2.05, 4.69) is 15.6 Å². The van der Waals surface area contributed by atoms with E-state index in [4.69, 9.17) is 4.99 Å². The minimum absolute atomic E-state index is 0.152. The minimum Gasteiger partial charge on any atom is -0.352 e. The second-order valence-corrected chi connectivity index (χ2v) is 10.7. The summed E-state index contributed by atoms with van der Waals surface area (Å²) in [7, 11) is 0. The molecule has 3 aromatic rings. The Hall–Kier alpha value is -4.31. The molecule has 2 unspecified atom stereocenters. The summed E-state index contributed by atoms with van der Waals surface area (Å²) in [5.41, 5.74) is 3.80. The number of carbonyl (C=O) groups is 3. The van der Waals surface area contributed by atoms with E-state index in [1.54, 1.807) is 17.0 Å². The van der Waals surface area contributed by atoms with Gasteiger partial charge in [-0.3, -0.25) is 19.3 Å². The van der Waals surface area contributed by atoms with Crippen LogP contribution in [0.4, 0.5) is 15.8 Å². The first-order chi connectivity index (χ1) is 19.3. The summed E-state index contributed by atoms with van der Waals surface area (Å²) in [6.07, 6.45) is 0.362. The van der Waals surface area contributed by atoms with Crippen molar-refractivity contribution in [3.63, 3.8) is 0 Å². The minimum atomic E-state index is -0.903. The summed E-state index contributed by atoms with van der Waals surface area (Å²) in [6.45, 7) is 4.07. The standard InChI is InChI=1S/C30H28FN5O3S/c1-3-25(29(39)33-21-8-6-7-18(2)15-21)40-30-34-23-10-5-4-9-22(23)27-35-28(38)24(36(27)30)16-26(37)32-17-19-11-13-20(31)14-12-19/h4-15,24-25H,3,16-17H2,1-2H3,(H,32,37)(H,33,39). The topological polar surface area (TPSA) is 103 Å². The lowest BCUT2D eigenvalue weighted by molar-refractivity contribution is -0.126. The number of halogens is 1. The Morgan fingerprint density at radius 1 is 1.05 bits per heavy atom. The molecule has 0 spiro atoms. The molecule has 2 aliphatic heterocycles. The highest BCUT2D eigenvalue weighted by Crippen LogP contribution is 2.36. The molecule has 0 fully saturated rings. The maximum absolute atomic E-state index is 13.2. The van der Waals surface area contributed by atoms with Crippen LogP contribution in [0, 0.1) is 12.7 Å². The molecule has 0 radical (unpaired) electrons. The average Bonchev–Trinajstić information content (AvgIpc) is 3.27. The molecule has 8 nitrogen and oxygen atoms in total. The summed E-state index contributed by atoms with van der Waals surface area (Å²) in [4.78, 5) is 50.0. The third kappa shape index (κ3) is 5.96. The SMILES string of the molecule is CCC(SC1=Nc2ccccc2C2=NC(=O)C(CC(=O)NCc3ccc(F)cc3)N12)C(=O)Nc1cccc(C)c1. The van der Waals surface area contributed by atoms with Gasteiger partial charge in [-0.15, -0.1) is 0 Å². The van der Waals surface area contributed by atoms with Crippen LogP contribution in [0.15, 0.2) is 82.8 Å². The second kappa shape index (κ2) is 11.8. The number of para-hydroxylation sites is 1. The largest absolute Gasteiger partial charge is 0.352 e. The molecule has 0 bridgehead atoms. The lowest BCUT2D eigenvalue weighted by Gasteiger charge is -2.32. The van der Waals surface area contributed by atoms with Crippen molar-refractivity contribution in [3.05, 3.63) is 95.3 Å². The number of amidine groups is 2. The van der Waals surface area contributed by atoms with E-state index < -0.39 is 17.2 Å². The number of anilines is 1. The van der Waals surface area contributed by atoms with Gasteiger partial charge in [-0.05, 0) is 60.9 Å². The molecule has 0 aliphatic carbocycles. The van der Waals surface area contributed by atoms with Gasteiger partial charge >= 0.3 is 0 Å². The Labute approximate surface area is 235 Å². The average molecular weight is 558 g/mol. The Morgan fingerprint density at radius 3 is 2.58 bits per heavy atom. The second-order valence-electron chi connectivity index (χ2n) is 9.55. The molecule has 2 aliphatic rings. The molecule has 0 saturated carbocycles. The number of aryl methyl sites for hydroxylation is 1. The number of aliphatic imine (C=N–C) groups is 2. The Morgan fingerprint density at radius 2 is 1.82 bits per heavy atom. The lowest BCUT2D eigenvalue weighted by atomic mass is 10.1. The van der Waals surface area contributed by atoms with E-state index in [-0.39, 0.29) is 30.6 Å². The van der Waals surface area contributed by atoms with Crippen molar-refractivity contribution in [2.24, 2.45) is 9.98 Å². The number of nitrogens with zero attached hydrogens (tertiary/aromatic N) is 3. The van der Waals surface area contributed by atoms with Gasteiger partial charge in [0.05, 0.1) is 17.4 Å². The Kier molecular flexibility index (Phi) is 8.06. The molecule has 0 aromatic heterocycles. The summed E-state index contributed by atoms with van der Waals surface area (Å²) < 4.78 is 13.2. The van der Waals surface area contributed by atoms with Crippen molar-refractivity contribution in [1.29, 1.82) is 0 Å². The molecule has 3 aromatic carbocycles. The van der Waals surface area contributed by atoms with Crippen molar-refractivity contribution in [2.45, 2.75) is 44.5 Å². The van der Waals surface area contributed by atoms with Gasteiger partial charge < -0.3 is 10.6 Å². The van der Waals surface area contributed by atoms with Gasteiger partial charge in [-0.25, -0.2) is 9.38 Å². The van der Waals surface area contributed by atoms with Gasteiger partial charge in [0, 0.05) is 17.8 Å². The molecule has 204 valence electrons. The summed E-state index contributed by atoms with van der Waals surface area (Å²) >= 11 is 1.25. The van der Waals surface area contributed by atoms with Crippen molar-refractivity contribution >= 4 is 51.9 Å². The number of amides is 3. The van der Waals surface area contributed by atoms with Gasteiger partial charge in [-0.1, -0.05) is 55.1 Å². The molecule has 40 heavy (non-hydrogen) atoms. The zero-order valence-electron chi connectivity index (χ0n) is 22.1. The number of nitrogens with one attached hydrogen (secondary N) is 2. The predicted octanol–water partition coefficient (Wildman–Crippen LogP) is 4.95. The van der Waals surface area contributed by atoms with E-state index in [9.17, 15) is 18.8 Å². The van der Waals surface area contributed by atoms with E-state index in [1.807, 2.05) is 62.4 Å². The van der Waals surface area contributed by atoms with E-state index in [0.29, 0.717) is 34.4 Å². The molecule has 0 saturated heterocycles. The molecule has 5 rings (SSSR count). The highest BCUT2D eigenvalue weighted by Gasteiger charge is 2.43. The number of carbonyl (C=O) groups excluding carboxylic acids is 3. The first-order valence-electron chi connectivity index (χ1n) is 13.0. The number of hydrogen-bond donors (Lipinski definition) is 2. The van der Waals surface area contributed by atoms with Gasteiger partial charge in [-0.2, -0.15) is 4.99 Å². The zero-order valence-corrected chi connectivity index (χ0v) is 22.9. The van der Waals surface area contributed by atoms with Crippen LogP contribution in [0.1, 0.15) is 36.5 Å². The smallest absolute Gasteiger partial charge is 0.271 e. The monoisotopic (exact) mass is 557 g/mol. The van der Waals surface area contributed by atoms with Gasteiger partial charge in [0.15, 0.2) is 5.17 Å². The fourth-order valence-corrected chi connectivity index (χ4v) is 5.59. The van der Waals surface area contributed by atoms with E-state index >= 15 is 0 Å². The fraction of sp³-hybridized carbons (Fsp3) is 0.233. The number of hydrogen-bond acceptors (Lipinski definition) is 6. The number of benzene rings is 3. The fourth-order valence-electron chi connectivity index (χ4n) is 4.53. The number of thioether (sulfide) groups is 1. The lowest BCUT2D eigenvalue weighted by Crippen LogP contribution is -2.46. The van der Waals surface area contributed by atoms with Crippen LogP contribution in [0.2, 0.25) is 0 Å². The summed E-state index contributed by atoms with van der Waals surface area (Å²) in [5.74, 6) is -0.926. The van der Waals surface area contributed by atoms with Crippen molar-refractivity contribution in [1.82, 2.24) is 10.2 Å². The zero-order chi connectivity index (χ0) is 28.2. The first kappa shape index (κ1) is 27.3. The van der Waals surface area contributed by atoms with Crippen LogP contribution in [-0.4, -0.2) is 44.9 Å². The van der Waals surface area contributed by atoms with Crippen LogP contribution in [0.5, 0.6) is 0 Å². The maximum Gasteiger partial charge on any atom is 0.271 e. The van der Waals surface area contributed by atoms with Gasteiger partial charge in [0.1, 0.15) is 17.7 Å². The molecular weight excluding hydrogens is 529 g/mol. The van der Waals surface area contributed by atoms with E-state index in [1.165, 1.54) is 23.9 Å². The highest BCUT2D eigenvalue weighted by molar-refractivity contribution is 8.15. The predicted molar refractivity (Wildman–Crippen MR) is 155 cm³/mol. The molecule has 2 heterocycles. The van der Waals surface area contributed by atoms with Crippen molar-refractivity contribution < 1.29 is 18.8 Å². The normalized spacial score (nSPS) is 16.4. The molecule has 2 atom stereocenters. The van der Waals surface area contributed by atoms with Crippen molar-refractivity contribution in [3.8, 4) is 0 Å². The third-order valence-electron chi connectivity index (χ3n) is 6.59. The summed E-state index contributed by atoms with van der Waals surface area (Å²) in [5, 5.41) is 5.70. The van der Waals surface area contributed by atoms with Crippen LogP contribution >= 0.6 is 11.8 Å². The number of fused-ring (bicyclic) bond motifs is 3. The van der Waals surface area contributed by atoms with Crippen LogP contribution < -0.4 is 10.6 Å². The maximum atomic E-state index is 13.2. The first-order valence-corrected chi connectivity index (χ1v) is 13.9. The molecular formula is C30H28FN5O3S. The van der Waals surface area contributed by atoms with E-state index in [0.717, 1.165) is 11.1 Å². The van der Waals surface area contributed by atoms with Gasteiger partial charge in [0.2, 0.25) is 11.8 Å². The molecule has 10 heteroatoms. The Bertz CT molecular complexity index is 1520. The van der Waals surface area contributed by atoms with Crippen LogP contribution in [-0.2, 0) is 20.9 Å². The quantitative estimate of drug-likeness (QED) is 0.408. The third-order valence-corrected chi connectivity index (χ3v) is 7.92. The highest BCUT2D eigenvalue weighted by atomic mass is 32.2.